The van der Waals surface area contributed by atoms with E-state index in [4.69, 9.17) is 0 Å². The summed E-state index contributed by atoms with van der Waals surface area (Å²) in [4.78, 5) is 15.7. The molecular formula is C10H14N2OS. The molecule has 1 fully saturated rings. The Morgan fingerprint density at radius 2 is 2.50 bits per heavy atom. The van der Waals surface area contributed by atoms with Gasteiger partial charge in [-0.25, -0.2) is 4.98 Å². The van der Waals surface area contributed by atoms with Gasteiger partial charge in [0.2, 0.25) is 5.91 Å². The molecule has 2 rings (SSSR count). The predicted molar refractivity (Wildman–Crippen MR) is 56.0 cm³/mol. The van der Waals surface area contributed by atoms with Crippen LogP contribution in [-0.2, 0) is 11.3 Å². The molecule has 0 aliphatic heterocycles. The maximum absolute atomic E-state index is 11.5. The lowest BCUT2D eigenvalue weighted by Gasteiger charge is -2.00. The summed E-state index contributed by atoms with van der Waals surface area (Å²) >= 11 is 1.60. The highest BCUT2D eigenvalue weighted by Gasteiger charge is 2.38. The molecule has 1 saturated carbocycles. The molecule has 4 heteroatoms. The van der Waals surface area contributed by atoms with E-state index in [-0.39, 0.29) is 11.8 Å². The second-order valence-electron chi connectivity index (χ2n) is 3.92. The number of carbonyl (C=O) groups excluding carboxylic acids is 1. The van der Waals surface area contributed by atoms with Crippen molar-refractivity contribution in [1.29, 1.82) is 0 Å². The van der Waals surface area contributed by atoms with E-state index in [0.29, 0.717) is 12.5 Å². The standard InChI is InChI=1S/C10H14N2OS/c1-6-3-8(6)10(13)11-4-9-12-7(2)5-14-9/h5-6,8H,3-4H2,1-2H3,(H,11,13)/t6-,8+/m0/s1. The van der Waals surface area contributed by atoms with Gasteiger partial charge < -0.3 is 5.32 Å². The zero-order chi connectivity index (χ0) is 10.1. The minimum absolute atomic E-state index is 0.186. The molecule has 1 aliphatic carbocycles. The maximum Gasteiger partial charge on any atom is 0.223 e. The number of aryl methyl sites for hydroxylation is 1. The van der Waals surface area contributed by atoms with E-state index in [1.807, 2.05) is 12.3 Å². The Balaban J connectivity index is 1.80. The summed E-state index contributed by atoms with van der Waals surface area (Å²) in [5, 5.41) is 5.90. The van der Waals surface area contributed by atoms with Crippen molar-refractivity contribution in [3.05, 3.63) is 16.1 Å². The van der Waals surface area contributed by atoms with Crippen molar-refractivity contribution in [1.82, 2.24) is 10.3 Å². The van der Waals surface area contributed by atoms with Crippen LogP contribution in [0.2, 0.25) is 0 Å². The third-order valence-electron chi connectivity index (χ3n) is 2.53. The predicted octanol–water partition coefficient (Wildman–Crippen LogP) is 1.72. The summed E-state index contributed by atoms with van der Waals surface area (Å²) in [5.41, 5.74) is 1.03. The third-order valence-corrected chi connectivity index (χ3v) is 3.49. The van der Waals surface area contributed by atoms with E-state index in [2.05, 4.69) is 17.2 Å². The first-order valence-electron chi connectivity index (χ1n) is 4.85. The molecule has 1 heterocycles. The summed E-state index contributed by atoms with van der Waals surface area (Å²) in [7, 11) is 0. The van der Waals surface area contributed by atoms with Gasteiger partial charge >= 0.3 is 0 Å². The van der Waals surface area contributed by atoms with Crippen molar-refractivity contribution in [3.8, 4) is 0 Å². The monoisotopic (exact) mass is 210 g/mol. The Morgan fingerprint density at radius 3 is 3.00 bits per heavy atom. The molecule has 1 aliphatic rings. The van der Waals surface area contributed by atoms with Crippen LogP contribution in [0.15, 0.2) is 5.38 Å². The number of hydrogen-bond acceptors (Lipinski definition) is 3. The maximum atomic E-state index is 11.5. The van der Waals surface area contributed by atoms with Crippen molar-refractivity contribution >= 4 is 17.2 Å². The summed E-state index contributed by atoms with van der Waals surface area (Å²) in [6.07, 6.45) is 1.04. The molecule has 14 heavy (non-hydrogen) atoms. The number of nitrogens with zero attached hydrogens (tertiary/aromatic N) is 1. The Morgan fingerprint density at radius 1 is 1.79 bits per heavy atom. The molecule has 1 aromatic rings. The molecule has 1 N–H and O–H groups in total. The van der Waals surface area contributed by atoms with Crippen molar-refractivity contribution in [2.75, 3.05) is 0 Å². The third kappa shape index (κ3) is 2.12. The Hall–Kier alpha value is -0.900. The number of amides is 1. The number of carbonyl (C=O) groups is 1. The number of thiazole rings is 1. The average Bonchev–Trinajstić information content (AvgIpc) is 2.72. The fourth-order valence-corrected chi connectivity index (χ4v) is 2.18. The van der Waals surface area contributed by atoms with Crippen molar-refractivity contribution in [2.45, 2.75) is 26.8 Å². The van der Waals surface area contributed by atoms with E-state index in [1.54, 1.807) is 11.3 Å². The van der Waals surface area contributed by atoms with Crippen molar-refractivity contribution < 1.29 is 4.79 Å². The first kappa shape index (κ1) is 9.65. The van der Waals surface area contributed by atoms with Crippen LogP contribution in [0.25, 0.3) is 0 Å². The van der Waals surface area contributed by atoms with Crippen LogP contribution in [0.4, 0.5) is 0 Å². The number of rotatable bonds is 3. The van der Waals surface area contributed by atoms with Gasteiger partial charge in [-0.2, -0.15) is 0 Å². The quantitative estimate of drug-likeness (QED) is 0.825. The van der Waals surface area contributed by atoms with Gasteiger partial charge in [-0.1, -0.05) is 6.92 Å². The Labute approximate surface area is 87.6 Å². The van der Waals surface area contributed by atoms with E-state index < -0.39 is 0 Å². The highest BCUT2D eigenvalue weighted by atomic mass is 32.1. The van der Waals surface area contributed by atoms with Crippen LogP contribution in [0.5, 0.6) is 0 Å². The highest BCUT2D eigenvalue weighted by Crippen LogP contribution is 2.37. The molecule has 2 atom stereocenters. The van der Waals surface area contributed by atoms with E-state index in [0.717, 1.165) is 17.1 Å². The van der Waals surface area contributed by atoms with Crippen molar-refractivity contribution in [2.24, 2.45) is 11.8 Å². The summed E-state index contributed by atoms with van der Waals surface area (Å²) in [6.45, 7) is 4.66. The van der Waals surface area contributed by atoms with Crippen LogP contribution in [-0.4, -0.2) is 10.9 Å². The number of aromatic nitrogens is 1. The SMILES string of the molecule is Cc1csc(CNC(=O)[C@@H]2C[C@@H]2C)n1. The minimum Gasteiger partial charge on any atom is -0.349 e. The molecule has 76 valence electrons. The highest BCUT2D eigenvalue weighted by molar-refractivity contribution is 7.09. The van der Waals surface area contributed by atoms with Crippen molar-refractivity contribution in [3.63, 3.8) is 0 Å². The zero-order valence-corrected chi connectivity index (χ0v) is 9.23. The van der Waals surface area contributed by atoms with E-state index in [1.165, 1.54) is 0 Å². The first-order chi connectivity index (χ1) is 6.66. The van der Waals surface area contributed by atoms with Gasteiger partial charge in [0, 0.05) is 17.0 Å². The smallest absolute Gasteiger partial charge is 0.223 e. The second-order valence-corrected chi connectivity index (χ2v) is 4.86. The molecular weight excluding hydrogens is 196 g/mol. The molecule has 0 saturated heterocycles. The van der Waals surface area contributed by atoms with Crippen LogP contribution >= 0.6 is 11.3 Å². The van der Waals surface area contributed by atoms with Crippen LogP contribution < -0.4 is 5.32 Å². The normalized spacial score (nSPS) is 24.7. The molecule has 1 aromatic heterocycles. The molecule has 3 nitrogen and oxygen atoms in total. The lowest BCUT2D eigenvalue weighted by molar-refractivity contribution is -0.122. The van der Waals surface area contributed by atoms with Gasteiger partial charge in [-0.05, 0) is 19.3 Å². The Kier molecular flexibility index (Phi) is 2.54. The number of hydrogen-bond donors (Lipinski definition) is 1. The average molecular weight is 210 g/mol. The van der Waals surface area contributed by atoms with Gasteiger partial charge in [0.15, 0.2) is 0 Å². The van der Waals surface area contributed by atoms with Gasteiger partial charge in [-0.15, -0.1) is 11.3 Å². The van der Waals surface area contributed by atoms with Gasteiger partial charge in [0.1, 0.15) is 5.01 Å². The lowest BCUT2D eigenvalue weighted by atomic mass is 10.3. The summed E-state index contributed by atoms with van der Waals surface area (Å²) in [5.74, 6) is 1.02. The fraction of sp³-hybridized carbons (Fsp3) is 0.600. The molecule has 0 unspecified atom stereocenters. The largest absolute Gasteiger partial charge is 0.349 e. The van der Waals surface area contributed by atoms with Gasteiger partial charge in [-0.3, -0.25) is 4.79 Å². The lowest BCUT2D eigenvalue weighted by Crippen LogP contribution is -2.24. The topological polar surface area (TPSA) is 42.0 Å². The molecule has 0 radical (unpaired) electrons. The van der Waals surface area contributed by atoms with Crippen LogP contribution in [0, 0.1) is 18.8 Å². The van der Waals surface area contributed by atoms with Gasteiger partial charge in [0.05, 0.1) is 6.54 Å². The molecule has 0 aromatic carbocycles. The van der Waals surface area contributed by atoms with Crippen LogP contribution in [0.3, 0.4) is 0 Å². The fourth-order valence-electron chi connectivity index (χ4n) is 1.47. The summed E-state index contributed by atoms with van der Waals surface area (Å²) in [6, 6.07) is 0. The molecule has 0 bridgehead atoms. The minimum atomic E-state index is 0.186. The zero-order valence-electron chi connectivity index (χ0n) is 8.41. The molecule has 0 spiro atoms. The van der Waals surface area contributed by atoms with Crippen LogP contribution in [0.1, 0.15) is 24.0 Å². The summed E-state index contributed by atoms with van der Waals surface area (Å²) < 4.78 is 0. The van der Waals surface area contributed by atoms with Gasteiger partial charge in [0.25, 0.3) is 0 Å². The second kappa shape index (κ2) is 3.69. The number of nitrogens with one attached hydrogen (secondary N) is 1. The Bertz CT molecular complexity index is 348. The first-order valence-corrected chi connectivity index (χ1v) is 5.73. The van der Waals surface area contributed by atoms with E-state index in [9.17, 15) is 4.79 Å². The van der Waals surface area contributed by atoms with E-state index >= 15 is 0 Å². The molecule has 1 amide bonds.